The number of nitrogens with one attached hydrogen (secondary N) is 1. The topological polar surface area (TPSA) is 101 Å². The lowest BCUT2D eigenvalue weighted by molar-refractivity contribution is -0.117. The van der Waals surface area contributed by atoms with Gasteiger partial charge in [-0.1, -0.05) is 11.2 Å². The average molecular weight is 402 g/mol. The first-order chi connectivity index (χ1) is 13.6. The summed E-state index contributed by atoms with van der Waals surface area (Å²) in [6.45, 7) is 7.43. The molecule has 0 aromatic carbocycles. The van der Waals surface area contributed by atoms with Crippen LogP contribution in [0.25, 0.3) is 10.8 Å². The van der Waals surface area contributed by atoms with Crippen LogP contribution >= 0.6 is 11.3 Å². The molecule has 1 fully saturated rings. The van der Waals surface area contributed by atoms with E-state index in [2.05, 4.69) is 37.4 Å². The lowest BCUT2D eigenvalue weighted by Gasteiger charge is -2.36. The second-order valence-electron chi connectivity index (χ2n) is 6.78. The van der Waals surface area contributed by atoms with E-state index in [-0.39, 0.29) is 11.9 Å². The largest absolute Gasteiger partial charge is 0.418 e. The summed E-state index contributed by atoms with van der Waals surface area (Å²) in [5.41, 5.74) is 0. The van der Waals surface area contributed by atoms with Crippen LogP contribution in [-0.4, -0.2) is 63.8 Å². The highest BCUT2D eigenvalue weighted by atomic mass is 32.1. The third-order valence-corrected chi connectivity index (χ3v) is 5.61. The predicted octanol–water partition coefficient (Wildman–Crippen LogP) is 2.41. The maximum absolute atomic E-state index is 12.2. The van der Waals surface area contributed by atoms with E-state index in [9.17, 15) is 4.79 Å². The van der Waals surface area contributed by atoms with E-state index in [0.29, 0.717) is 29.9 Å². The van der Waals surface area contributed by atoms with Gasteiger partial charge in [-0.3, -0.25) is 14.6 Å². The van der Waals surface area contributed by atoms with Crippen LogP contribution in [0.3, 0.4) is 0 Å². The molecule has 1 unspecified atom stereocenters. The Hall–Kier alpha value is -2.56. The molecule has 3 aromatic heterocycles. The molecular weight excluding hydrogens is 380 g/mol. The molecule has 4 heterocycles. The molecule has 0 spiro atoms. The lowest BCUT2D eigenvalue weighted by Crippen LogP contribution is -2.49. The summed E-state index contributed by atoms with van der Waals surface area (Å²) >= 11 is 1.58. The van der Waals surface area contributed by atoms with Crippen molar-refractivity contribution in [2.24, 2.45) is 0 Å². The Morgan fingerprint density at radius 1 is 1.32 bits per heavy atom. The Morgan fingerprint density at radius 2 is 2.14 bits per heavy atom. The molecule has 28 heavy (non-hydrogen) atoms. The molecule has 1 aliphatic heterocycles. The highest BCUT2D eigenvalue weighted by molar-refractivity contribution is 7.13. The van der Waals surface area contributed by atoms with E-state index < -0.39 is 0 Å². The predicted molar refractivity (Wildman–Crippen MR) is 104 cm³/mol. The van der Waals surface area contributed by atoms with E-state index in [0.717, 1.165) is 31.1 Å². The molecule has 4 rings (SSSR count). The molecule has 9 nitrogen and oxygen atoms in total. The van der Waals surface area contributed by atoms with E-state index in [1.165, 1.54) is 0 Å². The number of thiophene rings is 1. The van der Waals surface area contributed by atoms with Gasteiger partial charge in [0, 0.05) is 32.2 Å². The molecule has 1 saturated heterocycles. The van der Waals surface area contributed by atoms with Gasteiger partial charge in [0.15, 0.2) is 5.82 Å². The molecular formula is C18H22N6O3S. The molecule has 148 valence electrons. The second-order valence-corrected chi connectivity index (χ2v) is 7.73. The third-order valence-electron chi connectivity index (χ3n) is 4.75. The second kappa shape index (κ2) is 8.21. The zero-order valence-corrected chi connectivity index (χ0v) is 16.6. The number of nitrogens with zero attached hydrogens (tertiary/aromatic N) is 5. The number of carbonyl (C=O) groups excluding carboxylic acids is 1. The van der Waals surface area contributed by atoms with Crippen molar-refractivity contribution >= 4 is 23.1 Å². The molecule has 1 amide bonds. The van der Waals surface area contributed by atoms with Crippen molar-refractivity contribution in [1.29, 1.82) is 0 Å². The molecule has 0 radical (unpaired) electrons. The van der Waals surface area contributed by atoms with E-state index in [1.54, 1.807) is 24.3 Å². The Kier molecular flexibility index (Phi) is 5.51. The maximum atomic E-state index is 12.2. The van der Waals surface area contributed by atoms with Gasteiger partial charge >= 0.3 is 0 Å². The molecule has 10 heteroatoms. The fourth-order valence-electron chi connectivity index (χ4n) is 3.18. The van der Waals surface area contributed by atoms with Gasteiger partial charge in [0.2, 0.25) is 11.8 Å². The number of hydrogen-bond donors (Lipinski definition) is 1. The number of carbonyl (C=O) groups is 1. The number of amides is 1. The first kappa shape index (κ1) is 18.8. The maximum Gasteiger partial charge on any atom is 0.257 e. The number of piperazine rings is 1. The number of anilines is 1. The summed E-state index contributed by atoms with van der Waals surface area (Å²) in [5, 5.41) is 16.9. The van der Waals surface area contributed by atoms with Crippen LogP contribution in [0.2, 0.25) is 0 Å². The summed E-state index contributed by atoms with van der Waals surface area (Å²) in [6, 6.07) is 5.67. The summed E-state index contributed by atoms with van der Waals surface area (Å²) in [6.07, 6.45) is 0. The summed E-state index contributed by atoms with van der Waals surface area (Å²) in [4.78, 5) is 17.6. The van der Waals surface area contributed by atoms with Crippen molar-refractivity contribution < 1.29 is 13.7 Å². The third kappa shape index (κ3) is 4.29. The van der Waals surface area contributed by atoms with Gasteiger partial charge in [-0.25, -0.2) is 0 Å². The van der Waals surface area contributed by atoms with Crippen molar-refractivity contribution in [3.8, 4) is 10.8 Å². The van der Waals surface area contributed by atoms with Crippen molar-refractivity contribution in [1.82, 2.24) is 25.2 Å². The van der Waals surface area contributed by atoms with Gasteiger partial charge in [0.1, 0.15) is 5.76 Å². The Labute approximate surface area is 166 Å². The fourth-order valence-corrected chi connectivity index (χ4v) is 3.82. The van der Waals surface area contributed by atoms with Crippen molar-refractivity contribution in [2.75, 3.05) is 38.0 Å². The van der Waals surface area contributed by atoms with Crippen LogP contribution in [-0.2, 0) is 4.79 Å². The van der Waals surface area contributed by atoms with Crippen molar-refractivity contribution in [3.63, 3.8) is 0 Å². The van der Waals surface area contributed by atoms with Gasteiger partial charge in [0.25, 0.3) is 5.89 Å². The Balaban J connectivity index is 1.27. The SMILES string of the molecule is Cc1cc(NC(=O)CN2CCN(C(C)c3nnc(-c4cccs4)o3)CC2)no1. The lowest BCUT2D eigenvalue weighted by atomic mass is 10.2. The molecule has 1 N–H and O–H groups in total. The monoisotopic (exact) mass is 402 g/mol. The normalized spacial score (nSPS) is 16.9. The number of hydrogen-bond acceptors (Lipinski definition) is 9. The van der Waals surface area contributed by atoms with Gasteiger partial charge in [-0.05, 0) is 25.3 Å². The average Bonchev–Trinajstić information content (AvgIpc) is 3.43. The van der Waals surface area contributed by atoms with Gasteiger partial charge in [-0.2, -0.15) is 0 Å². The molecule has 1 aliphatic rings. The van der Waals surface area contributed by atoms with Gasteiger partial charge < -0.3 is 14.3 Å². The number of aromatic nitrogens is 3. The summed E-state index contributed by atoms with van der Waals surface area (Å²) < 4.78 is 10.8. The standard InChI is InChI=1S/C18H22N6O3S/c1-12-10-15(22-27-12)19-16(25)11-23-5-7-24(8-6-23)13(2)17-20-21-18(26-17)14-4-3-9-28-14/h3-4,9-10,13H,5-8,11H2,1-2H3,(H,19,22,25). The van der Waals surface area contributed by atoms with Crippen LogP contribution in [0.15, 0.2) is 32.5 Å². The van der Waals surface area contributed by atoms with Crippen LogP contribution < -0.4 is 5.32 Å². The highest BCUT2D eigenvalue weighted by Gasteiger charge is 2.26. The molecule has 0 saturated carbocycles. The Morgan fingerprint density at radius 3 is 2.82 bits per heavy atom. The number of rotatable bonds is 6. The number of aryl methyl sites for hydroxylation is 1. The minimum atomic E-state index is -0.0905. The highest BCUT2D eigenvalue weighted by Crippen LogP contribution is 2.27. The van der Waals surface area contributed by atoms with Crippen LogP contribution in [0.5, 0.6) is 0 Å². The zero-order valence-electron chi connectivity index (χ0n) is 15.8. The van der Waals surface area contributed by atoms with E-state index in [4.69, 9.17) is 8.94 Å². The Bertz CT molecular complexity index is 914. The van der Waals surface area contributed by atoms with Crippen LogP contribution in [0.4, 0.5) is 5.82 Å². The fraction of sp³-hybridized carbons (Fsp3) is 0.444. The zero-order chi connectivity index (χ0) is 19.5. The molecule has 0 bridgehead atoms. The van der Waals surface area contributed by atoms with E-state index >= 15 is 0 Å². The quantitative estimate of drug-likeness (QED) is 0.671. The van der Waals surface area contributed by atoms with Gasteiger partial charge in [-0.15, -0.1) is 21.5 Å². The molecule has 1 atom stereocenters. The van der Waals surface area contributed by atoms with Crippen molar-refractivity contribution in [2.45, 2.75) is 19.9 Å². The van der Waals surface area contributed by atoms with E-state index in [1.807, 2.05) is 17.5 Å². The minimum Gasteiger partial charge on any atom is -0.418 e. The molecule has 0 aliphatic carbocycles. The van der Waals surface area contributed by atoms with Gasteiger partial charge in [0.05, 0.1) is 17.5 Å². The summed E-state index contributed by atoms with van der Waals surface area (Å²) in [7, 11) is 0. The minimum absolute atomic E-state index is 0.0373. The smallest absolute Gasteiger partial charge is 0.257 e. The van der Waals surface area contributed by atoms with Crippen molar-refractivity contribution in [3.05, 3.63) is 35.2 Å². The summed E-state index contributed by atoms with van der Waals surface area (Å²) in [5.74, 6) is 2.22. The van der Waals surface area contributed by atoms with Crippen LogP contribution in [0.1, 0.15) is 24.6 Å². The molecule has 3 aromatic rings. The van der Waals surface area contributed by atoms with Crippen LogP contribution in [0, 0.1) is 6.92 Å². The first-order valence-corrected chi connectivity index (χ1v) is 10.0. The first-order valence-electron chi connectivity index (χ1n) is 9.15.